The standard InChI is InChI=1S/C41H36BrClF2N6O2/c42-34-35(43)37-33-38(36(34)45)53-32(52-24-40-17-10-18-50(40)21-30(44)19-40)23-49(39(33)48-25-47-37)22-31-20-46-26-51(31)41(27-11-4-1-5-12-27,28-13-6-2-7-14-28)29-15-8-3-9-16-29/h1-9,11-16,20,23,26,30,47H,10,17-19,21-22,24-25H2/t30-,40+/m1/s1. The smallest absolute Gasteiger partial charge is 0.302 e. The van der Waals surface area contributed by atoms with Gasteiger partial charge in [-0.15, -0.1) is 0 Å². The molecule has 2 saturated heterocycles. The SMILES string of the molecule is Fc1c(Br)c(Cl)c2c3c1OC(OC[C@@]14CCCN1C[C@H](F)C4)=CN(Cc1cncn1C(c1ccccc1)(c1ccccc1)c1ccccc1)C3=NCN2. The summed E-state index contributed by atoms with van der Waals surface area (Å²) in [5, 5.41) is 3.40. The second-order valence-electron chi connectivity index (χ2n) is 13.9. The number of nitrogens with one attached hydrogen (secondary N) is 1. The van der Waals surface area contributed by atoms with Crippen molar-refractivity contribution in [3.05, 3.63) is 159 Å². The largest absolute Gasteiger partial charge is 0.462 e. The van der Waals surface area contributed by atoms with Gasteiger partial charge < -0.3 is 24.3 Å². The highest BCUT2D eigenvalue weighted by Crippen LogP contribution is 2.48. The van der Waals surface area contributed by atoms with Crippen LogP contribution in [0.5, 0.6) is 5.75 Å². The Morgan fingerprint density at radius 2 is 1.66 bits per heavy atom. The molecule has 2 atom stereocenters. The summed E-state index contributed by atoms with van der Waals surface area (Å²) in [6.07, 6.45) is 6.67. The van der Waals surface area contributed by atoms with E-state index >= 15 is 4.39 Å². The number of aromatic nitrogens is 2. The van der Waals surface area contributed by atoms with Crippen molar-refractivity contribution >= 4 is 39.1 Å². The fourth-order valence-electron chi connectivity index (χ4n) is 8.65. The van der Waals surface area contributed by atoms with Gasteiger partial charge in [0.2, 0.25) is 0 Å². The number of rotatable bonds is 9. The number of hydrogen-bond acceptors (Lipinski definition) is 7. The Kier molecular flexibility index (Phi) is 8.75. The lowest BCUT2D eigenvalue weighted by atomic mass is 9.76. The minimum atomic E-state index is -0.920. The summed E-state index contributed by atoms with van der Waals surface area (Å²) in [6, 6.07) is 31.1. The average Bonchev–Trinajstić information content (AvgIpc) is 3.87. The van der Waals surface area contributed by atoms with E-state index in [-0.39, 0.29) is 41.0 Å². The maximum absolute atomic E-state index is 16.2. The summed E-state index contributed by atoms with van der Waals surface area (Å²) in [7, 11) is 0. The van der Waals surface area contributed by atoms with Gasteiger partial charge in [-0.05, 0) is 52.0 Å². The third kappa shape index (κ3) is 5.63. The molecule has 0 spiro atoms. The number of fused-ring (bicyclic) bond motifs is 1. The van der Waals surface area contributed by atoms with Crippen LogP contribution in [0, 0.1) is 5.82 Å². The maximum atomic E-state index is 16.2. The quantitative estimate of drug-likeness (QED) is 0.119. The molecule has 0 aliphatic carbocycles. The van der Waals surface area contributed by atoms with Gasteiger partial charge in [0.1, 0.15) is 30.8 Å². The molecule has 1 N–H and O–H groups in total. The molecule has 5 aromatic rings. The van der Waals surface area contributed by atoms with E-state index in [1.54, 1.807) is 6.20 Å². The zero-order chi connectivity index (χ0) is 36.2. The molecule has 8 nitrogen and oxygen atoms in total. The van der Waals surface area contributed by atoms with Gasteiger partial charge >= 0.3 is 5.95 Å². The lowest BCUT2D eigenvalue weighted by molar-refractivity contribution is 0.0260. The van der Waals surface area contributed by atoms with Gasteiger partial charge in [0.05, 0.1) is 57.2 Å². The van der Waals surface area contributed by atoms with Gasteiger partial charge in [-0.3, -0.25) is 4.90 Å². The Hall–Kier alpha value is -4.71. The first-order valence-electron chi connectivity index (χ1n) is 17.7. The molecule has 0 saturated carbocycles. The van der Waals surface area contributed by atoms with Crippen LogP contribution < -0.4 is 10.1 Å². The van der Waals surface area contributed by atoms with E-state index in [4.69, 9.17) is 31.1 Å². The second-order valence-corrected chi connectivity index (χ2v) is 15.1. The molecule has 4 aromatic carbocycles. The summed E-state index contributed by atoms with van der Waals surface area (Å²) in [6.45, 7) is 1.87. The van der Waals surface area contributed by atoms with E-state index in [1.165, 1.54) is 0 Å². The van der Waals surface area contributed by atoms with Crippen LogP contribution in [-0.2, 0) is 16.8 Å². The van der Waals surface area contributed by atoms with Crippen LogP contribution >= 0.6 is 27.5 Å². The molecule has 0 radical (unpaired) electrons. The first-order valence-corrected chi connectivity index (χ1v) is 18.9. The molecule has 12 heteroatoms. The summed E-state index contributed by atoms with van der Waals surface area (Å²) in [4.78, 5) is 13.7. The fraction of sp³-hybridized carbons (Fsp3) is 0.268. The number of nitrogens with zero attached hydrogens (tertiary/aromatic N) is 5. The van der Waals surface area contributed by atoms with Crippen molar-refractivity contribution in [2.75, 3.05) is 31.7 Å². The summed E-state index contributed by atoms with van der Waals surface area (Å²) < 4.78 is 46.0. The van der Waals surface area contributed by atoms with Gasteiger partial charge in [-0.2, -0.15) is 0 Å². The molecular weight excluding hydrogens is 762 g/mol. The number of imidazole rings is 1. The minimum absolute atomic E-state index is 0.0627. The Balaban J connectivity index is 1.19. The summed E-state index contributed by atoms with van der Waals surface area (Å²) >= 11 is 10.1. The van der Waals surface area contributed by atoms with Crippen LogP contribution in [0.3, 0.4) is 0 Å². The fourth-order valence-corrected chi connectivity index (χ4v) is 9.27. The lowest BCUT2D eigenvalue weighted by Crippen LogP contribution is -2.42. The lowest BCUT2D eigenvalue weighted by Gasteiger charge is -2.39. The summed E-state index contributed by atoms with van der Waals surface area (Å²) in [5.41, 5.74) is 3.59. The van der Waals surface area contributed by atoms with Crippen LogP contribution in [0.4, 0.5) is 14.5 Å². The number of ether oxygens (including phenoxy) is 2. The molecular formula is C41H36BrClF2N6O2. The first-order chi connectivity index (χ1) is 25.9. The van der Waals surface area contributed by atoms with Crippen molar-refractivity contribution < 1.29 is 18.3 Å². The molecule has 53 heavy (non-hydrogen) atoms. The molecule has 9 rings (SSSR count). The van der Waals surface area contributed by atoms with Crippen LogP contribution in [0.2, 0.25) is 5.02 Å². The van der Waals surface area contributed by atoms with E-state index in [0.717, 1.165) is 41.8 Å². The predicted molar refractivity (Wildman–Crippen MR) is 204 cm³/mol. The van der Waals surface area contributed by atoms with Crippen LogP contribution in [-0.4, -0.2) is 63.3 Å². The van der Waals surface area contributed by atoms with Crippen molar-refractivity contribution in [2.45, 2.75) is 43.1 Å². The van der Waals surface area contributed by atoms with Crippen molar-refractivity contribution in [2.24, 2.45) is 4.99 Å². The first kappa shape index (κ1) is 34.1. The number of hydrogen-bond donors (Lipinski definition) is 1. The number of anilines is 1. The predicted octanol–water partition coefficient (Wildman–Crippen LogP) is 8.69. The zero-order valence-corrected chi connectivity index (χ0v) is 31.0. The minimum Gasteiger partial charge on any atom is -0.462 e. The van der Waals surface area contributed by atoms with E-state index < -0.39 is 23.1 Å². The Bertz CT molecular complexity index is 2120. The number of amidine groups is 1. The van der Waals surface area contributed by atoms with Crippen molar-refractivity contribution in [1.82, 2.24) is 19.4 Å². The molecule has 0 unspecified atom stereocenters. The highest BCUT2D eigenvalue weighted by atomic mass is 79.9. The van der Waals surface area contributed by atoms with Gasteiger partial charge in [-0.1, -0.05) is 103 Å². The molecule has 5 heterocycles. The van der Waals surface area contributed by atoms with Crippen LogP contribution in [0.15, 0.2) is 125 Å². The van der Waals surface area contributed by atoms with E-state index in [0.29, 0.717) is 30.1 Å². The number of benzene rings is 4. The zero-order valence-electron chi connectivity index (χ0n) is 28.7. The van der Waals surface area contributed by atoms with Crippen LogP contribution in [0.1, 0.15) is 47.2 Å². The molecule has 1 aromatic heterocycles. The normalized spacial score (nSPS) is 20.8. The third-order valence-corrected chi connectivity index (χ3v) is 12.3. The maximum Gasteiger partial charge on any atom is 0.302 e. The van der Waals surface area contributed by atoms with Gasteiger partial charge in [0.15, 0.2) is 11.6 Å². The molecule has 2 fully saturated rings. The number of aliphatic imine (C=N–C) groups is 1. The Morgan fingerprint density at radius 1 is 1.00 bits per heavy atom. The van der Waals surface area contributed by atoms with Gasteiger partial charge in [0, 0.05) is 13.0 Å². The second kappa shape index (κ2) is 13.6. The third-order valence-electron chi connectivity index (χ3n) is 11.0. The van der Waals surface area contributed by atoms with Crippen molar-refractivity contribution in [3.63, 3.8) is 0 Å². The Labute approximate surface area is 319 Å². The molecule has 270 valence electrons. The number of halogens is 4. The average molecular weight is 798 g/mol. The van der Waals surface area contributed by atoms with E-state index in [1.807, 2.05) is 72.0 Å². The van der Waals surface area contributed by atoms with E-state index in [2.05, 4.69) is 67.1 Å². The monoisotopic (exact) mass is 796 g/mol. The topological polar surface area (TPSA) is 67.2 Å². The van der Waals surface area contributed by atoms with E-state index in [9.17, 15) is 4.39 Å². The molecule has 4 aliphatic heterocycles. The highest BCUT2D eigenvalue weighted by molar-refractivity contribution is 9.10. The van der Waals surface area contributed by atoms with Gasteiger partial charge in [-0.25, -0.2) is 18.8 Å². The highest BCUT2D eigenvalue weighted by Gasteiger charge is 2.50. The Morgan fingerprint density at radius 3 is 2.32 bits per heavy atom. The number of alkyl halides is 1. The van der Waals surface area contributed by atoms with Crippen molar-refractivity contribution in [3.8, 4) is 5.75 Å². The summed E-state index contributed by atoms with van der Waals surface area (Å²) in [5.74, 6) is -0.198. The van der Waals surface area contributed by atoms with Crippen LogP contribution in [0.25, 0.3) is 0 Å². The molecule has 0 amide bonds. The van der Waals surface area contributed by atoms with Crippen molar-refractivity contribution in [1.29, 1.82) is 0 Å². The van der Waals surface area contributed by atoms with Gasteiger partial charge in [0.25, 0.3) is 0 Å². The molecule has 0 bridgehead atoms. The molecule has 4 aliphatic rings.